The molecule has 2 rings (SSSR count). The van der Waals surface area contributed by atoms with E-state index < -0.39 is 0 Å². The summed E-state index contributed by atoms with van der Waals surface area (Å²) in [5.41, 5.74) is 2.69. The average molecular weight is 286 g/mol. The van der Waals surface area contributed by atoms with E-state index in [0.717, 1.165) is 19.5 Å². The topological polar surface area (TPSA) is 32.3 Å². The molecule has 0 saturated heterocycles. The highest BCUT2D eigenvalue weighted by atomic mass is 16.2. The lowest BCUT2D eigenvalue weighted by molar-refractivity contribution is -0.123. The third-order valence-corrected chi connectivity index (χ3v) is 4.19. The van der Waals surface area contributed by atoms with Gasteiger partial charge in [0.1, 0.15) is 0 Å². The second kappa shape index (κ2) is 7.41. The minimum atomic E-state index is 0.132. The maximum absolute atomic E-state index is 12.0. The molecule has 1 heterocycles. The molecule has 0 spiro atoms. The number of hydrogen-bond acceptors (Lipinski definition) is 2. The molecule has 1 aromatic carbocycles. The Morgan fingerprint density at radius 2 is 1.95 bits per heavy atom. The number of carbonyl (C=O) groups is 1. The Morgan fingerprint density at radius 1 is 1.24 bits per heavy atom. The van der Waals surface area contributed by atoms with E-state index in [1.807, 2.05) is 6.07 Å². The molecule has 1 amide bonds. The van der Waals surface area contributed by atoms with Crippen molar-refractivity contribution in [3.63, 3.8) is 0 Å². The molecule has 0 saturated carbocycles. The number of nitrogens with zero attached hydrogens (tertiary/aromatic N) is 1. The first-order chi connectivity index (χ1) is 10.1. The Labute approximate surface area is 128 Å². The monoisotopic (exact) mass is 286 g/mol. The average Bonchev–Trinajstić information content (AvgIpc) is 2.48. The largest absolute Gasteiger partial charge is 0.352 e. The van der Waals surface area contributed by atoms with Gasteiger partial charge >= 0.3 is 0 Å². The van der Waals surface area contributed by atoms with Gasteiger partial charge in [-0.2, -0.15) is 0 Å². The van der Waals surface area contributed by atoms with E-state index in [9.17, 15) is 4.79 Å². The molecule has 0 fully saturated rings. The predicted molar refractivity (Wildman–Crippen MR) is 87.9 cm³/mol. The second-order valence-corrected chi connectivity index (χ2v) is 6.18. The molecular formula is C18H26N2O. The van der Waals surface area contributed by atoms with Crippen LogP contribution in [0.2, 0.25) is 0 Å². The fraction of sp³-hybridized carbons (Fsp3) is 0.500. The van der Waals surface area contributed by atoms with Gasteiger partial charge in [-0.25, -0.2) is 0 Å². The Hall–Kier alpha value is -1.61. The number of benzene rings is 1. The molecule has 114 valence electrons. The maximum atomic E-state index is 12.0. The van der Waals surface area contributed by atoms with E-state index in [0.29, 0.717) is 12.5 Å². The van der Waals surface area contributed by atoms with Crippen molar-refractivity contribution in [2.24, 2.45) is 5.92 Å². The summed E-state index contributed by atoms with van der Waals surface area (Å²) >= 11 is 0. The minimum Gasteiger partial charge on any atom is -0.352 e. The zero-order chi connectivity index (χ0) is 15.2. The van der Waals surface area contributed by atoms with Gasteiger partial charge in [0.15, 0.2) is 0 Å². The molecule has 1 N–H and O–H groups in total. The second-order valence-electron chi connectivity index (χ2n) is 6.18. The molecule has 21 heavy (non-hydrogen) atoms. The Bertz CT molecular complexity index is 493. The summed E-state index contributed by atoms with van der Waals surface area (Å²) in [6, 6.07) is 10.7. The summed E-state index contributed by atoms with van der Waals surface area (Å²) in [6.07, 6.45) is 3.26. The van der Waals surface area contributed by atoms with Gasteiger partial charge in [0.25, 0.3) is 0 Å². The Morgan fingerprint density at radius 3 is 2.52 bits per heavy atom. The van der Waals surface area contributed by atoms with Crippen molar-refractivity contribution in [2.75, 3.05) is 19.6 Å². The highest BCUT2D eigenvalue weighted by Gasteiger charge is 2.17. The maximum Gasteiger partial charge on any atom is 0.234 e. The van der Waals surface area contributed by atoms with Gasteiger partial charge in [0.2, 0.25) is 5.91 Å². The number of amides is 1. The SMILES string of the molecule is CC(C)[C@H](C)NC(=O)CN1CC=C(c2ccccc2)CC1. The first-order valence-corrected chi connectivity index (χ1v) is 7.82. The van der Waals surface area contributed by atoms with Crippen molar-refractivity contribution >= 4 is 11.5 Å². The molecule has 0 aromatic heterocycles. The summed E-state index contributed by atoms with van der Waals surface area (Å²) in [5.74, 6) is 0.604. The number of rotatable bonds is 5. The highest BCUT2D eigenvalue weighted by molar-refractivity contribution is 5.78. The van der Waals surface area contributed by atoms with Gasteiger partial charge in [0.05, 0.1) is 6.54 Å². The van der Waals surface area contributed by atoms with Crippen molar-refractivity contribution in [1.82, 2.24) is 10.2 Å². The molecule has 0 aliphatic carbocycles. The Kier molecular flexibility index (Phi) is 5.57. The van der Waals surface area contributed by atoms with Gasteiger partial charge in [-0.3, -0.25) is 9.69 Å². The molecule has 0 unspecified atom stereocenters. The number of carbonyl (C=O) groups excluding carboxylic acids is 1. The molecule has 1 atom stereocenters. The van der Waals surface area contributed by atoms with Crippen LogP contribution in [-0.4, -0.2) is 36.5 Å². The van der Waals surface area contributed by atoms with Crippen LogP contribution >= 0.6 is 0 Å². The quantitative estimate of drug-likeness (QED) is 0.902. The summed E-state index contributed by atoms with van der Waals surface area (Å²) in [7, 11) is 0. The van der Waals surface area contributed by atoms with Gasteiger partial charge in [-0.1, -0.05) is 50.3 Å². The zero-order valence-electron chi connectivity index (χ0n) is 13.3. The first-order valence-electron chi connectivity index (χ1n) is 7.82. The van der Waals surface area contributed by atoms with Crippen LogP contribution in [0.15, 0.2) is 36.4 Å². The molecule has 0 radical (unpaired) electrons. The molecule has 3 nitrogen and oxygen atoms in total. The van der Waals surface area contributed by atoms with Crippen LogP contribution < -0.4 is 5.32 Å². The van der Waals surface area contributed by atoms with Crippen LogP contribution in [0.5, 0.6) is 0 Å². The fourth-order valence-electron chi connectivity index (χ4n) is 2.44. The molecule has 3 heteroatoms. The Balaban J connectivity index is 1.84. The van der Waals surface area contributed by atoms with Crippen LogP contribution in [0.3, 0.4) is 0 Å². The van der Waals surface area contributed by atoms with E-state index in [1.54, 1.807) is 0 Å². The van der Waals surface area contributed by atoms with Crippen molar-refractivity contribution in [2.45, 2.75) is 33.2 Å². The van der Waals surface area contributed by atoms with Gasteiger partial charge in [0, 0.05) is 19.1 Å². The van der Waals surface area contributed by atoms with Gasteiger partial charge in [-0.05, 0) is 30.4 Å². The first kappa shape index (κ1) is 15.8. The lowest BCUT2D eigenvalue weighted by atomic mass is 9.99. The molecule has 1 aliphatic rings. The van der Waals surface area contributed by atoms with E-state index in [-0.39, 0.29) is 11.9 Å². The molecular weight excluding hydrogens is 260 g/mol. The smallest absolute Gasteiger partial charge is 0.234 e. The molecule has 1 aliphatic heterocycles. The predicted octanol–water partition coefficient (Wildman–Crippen LogP) is 2.94. The summed E-state index contributed by atoms with van der Waals surface area (Å²) < 4.78 is 0. The third kappa shape index (κ3) is 4.71. The normalized spacial score (nSPS) is 17.4. The fourth-order valence-corrected chi connectivity index (χ4v) is 2.44. The van der Waals surface area contributed by atoms with Gasteiger partial charge < -0.3 is 5.32 Å². The lowest BCUT2D eigenvalue weighted by Gasteiger charge is -2.27. The van der Waals surface area contributed by atoms with E-state index >= 15 is 0 Å². The van der Waals surface area contributed by atoms with E-state index in [4.69, 9.17) is 0 Å². The lowest BCUT2D eigenvalue weighted by Crippen LogP contribution is -2.43. The van der Waals surface area contributed by atoms with Crippen LogP contribution in [0.1, 0.15) is 32.8 Å². The van der Waals surface area contributed by atoms with Crippen molar-refractivity contribution in [1.29, 1.82) is 0 Å². The number of nitrogens with one attached hydrogen (secondary N) is 1. The van der Waals surface area contributed by atoms with Crippen molar-refractivity contribution in [3.05, 3.63) is 42.0 Å². The van der Waals surface area contributed by atoms with Crippen LogP contribution in [0.25, 0.3) is 5.57 Å². The van der Waals surface area contributed by atoms with E-state index in [1.165, 1.54) is 11.1 Å². The standard InChI is InChI=1S/C18H26N2O/c1-14(2)15(3)19-18(21)13-20-11-9-17(10-12-20)16-7-5-4-6-8-16/h4-9,14-15H,10-13H2,1-3H3,(H,19,21)/t15-/m0/s1. The summed E-state index contributed by atoms with van der Waals surface area (Å²) in [5, 5.41) is 3.07. The summed E-state index contributed by atoms with van der Waals surface area (Å²) in [4.78, 5) is 14.2. The molecule has 0 bridgehead atoms. The van der Waals surface area contributed by atoms with E-state index in [2.05, 4.69) is 61.3 Å². The minimum absolute atomic E-state index is 0.132. The highest BCUT2D eigenvalue weighted by Crippen LogP contribution is 2.21. The van der Waals surface area contributed by atoms with Crippen molar-refractivity contribution in [3.8, 4) is 0 Å². The molecule has 1 aromatic rings. The zero-order valence-corrected chi connectivity index (χ0v) is 13.3. The van der Waals surface area contributed by atoms with Gasteiger partial charge in [-0.15, -0.1) is 0 Å². The summed E-state index contributed by atoms with van der Waals surface area (Å²) in [6.45, 7) is 8.61. The van der Waals surface area contributed by atoms with Crippen LogP contribution in [-0.2, 0) is 4.79 Å². The third-order valence-electron chi connectivity index (χ3n) is 4.19. The van der Waals surface area contributed by atoms with Crippen LogP contribution in [0, 0.1) is 5.92 Å². The van der Waals surface area contributed by atoms with Crippen LogP contribution in [0.4, 0.5) is 0 Å². The van der Waals surface area contributed by atoms with Crippen molar-refractivity contribution < 1.29 is 4.79 Å². The number of hydrogen-bond donors (Lipinski definition) is 1.